The Hall–Kier alpha value is -2.13. The first-order chi connectivity index (χ1) is 11.8. The maximum Gasteiger partial charge on any atom is 0.309 e. The number of halogens is 2. The van der Waals surface area contributed by atoms with Crippen LogP contribution in [0.15, 0.2) is 6.20 Å². The highest BCUT2D eigenvalue weighted by molar-refractivity contribution is 6.41. The number of aryl methyl sites for hydroxylation is 3. The van der Waals surface area contributed by atoms with Crippen LogP contribution in [0, 0.1) is 24.0 Å². The molecular weight excluding hydrogens is 371 g/mol. The molecule has 0 radical (unpaired) electrons. The SMILES string of the molecule is Cc1nn(CCCNC(=O)CCn2ncc([N+](=O)[O-])c2C)c(Cl)c1Cl. The van der Waals surface area contributed by atoms with Crippen LogP contribution >= 0.6 is 23.2 Å². The lowest BCUT2D eigenvalue weighted by Gasteiger charge is -2.07. The molecule has 1 amide bonds. The molecule has 0 aromatic carbocycles. The molecular formula is C14H18Cl2N6O3. The van der Waals surface area contributed by atoms with Crippen LogP contribution < -0.4 is 5.32 Å². The Morgan fingerprint density at radius 1 is 1.32 bits per heavy atom. The summed E-state index contributed by atoms with van der Waals surface area (Å²) in [6.07, 6.45) is 2.02. The predicted octanol–water partition coefficient (Wildman–Crippen LogP) is 2.51. The van der Waals surface area contributed by atoms with Gasteiger partial charge in [0.05, 0.1) is 17.2 Å². The lowest BCUT2D eigenvalue weighted by molar-refractivity contribution is -0.385. The summed E-state index contributed by atoms with van der Waals surface area (Å²) in [4.78, 5) is 22.1. The van der Waals surface area contributed by atoms with Crippen LogP contribution in [0.2, 0.25) is 10.2 Å². The van der Waals surface area contributed by atoms with Gasteiger partial charge in [0, 0.05) is 19.5 Å². The first-order valence-electron chi connectivity index (χ1n) is 7.63. The van der Waals surface area contributed by atoms with Crippen molar-refractivity contribution in [1.29, 1.82) is 0 Å². The Bertz CT molecular complexity index is 786. The molecule has 0 unspecified atom stereocenters. The highest BCUT2D eigenvalue weighted by Crippen LogP contribution is 2.24. The average molecular weight is 389 g/mol. The van der Waals surface area contributed by atoms with Crippen molar-refractivity contribution in [2.24, 2.45) is 0 Å². The zero-order valence-corrected chi connectivity index (χ0v) is 15.3. The summed E-state index contributed by atoms with van der Waals surface area (Å²) in [5, 5.41) is 22.5. The molecule has 0 bridgehead atoms. The predicted molar refractivity (Wildman–Crippen MR) is 92.8 cm³/mol. The molecule has 2 aromatic heterocycles. The fraction of sp³-hybridized carbons (Fsp3) is 0.500. The van der Waals surface area contributed by atoms with Gasteiger partial charge in [-0.15, -0.1) is 0 Å². The standard InChI is InChI=1S/C14H18Cl2N6O3/c1-9-13(15)14(16)21(19-9)6-3-5-17-12(23)4-7-20-10(2)11(8-18-20)22(24)25/h8H,3-7H2,1-2H3,(H,17,23). The van der Waals surface area contributed by atoms with Gasteiger partial charge >= 0.3 is 5.69 Å². The van der Waals surface area contributed by atoms with Crippen LogP contribution in [-0.2, 0) is 17.9 Å². The third-order valence-electron chi connectivity index (χ3n) is 3.69. The van der Waals surface area contributed by atoms with Gasteiger partial charge in [-0.2, -0.15) is 10.2 Å². The van der Waals surface area contributed by atoms with Gasteiger partial charge < -0.3 is 5.32 Å². The molecule has 0 aliphatic rings. The second kappa shape index (κ2) is 8.30. The largest absolute Gasteiger partial charge is 0.356 e. The summed E-state index contributed by atoms with van der Waals surface area (Å²) < 4.78 is 3.05. The monoisotopic (exact) mass is 388 g/mol. The Morgan fingerprint density at radius 3 is 2.60 bits per heavy atom. The molecule has 0 spiro atoms. The molecule has 0 fully saturated rings. The maximum absolute atomic E-state index is 11.8. The average Bonchev–Trinajstić information content (AvgIpc) is 3.05. The van der Waals surface area contributed by atoms with Crippen molar-refractivity contribution >= 4 is 34.8 Å². The molecule has 0 aliphatic heterocycles. The van der Waals surface area contributed by atoms with Crippen LogP contribution in [0.3, 0.4) is 0 Å². The summed E-state index contributed by atoms with van der Waals surface area (Å²) in [7, 11) is 0. The first kappa shape index (κ1) is 19.2. The minimum Gasteiger partial charge on any atom is -0.356 e. The van der Waals surface area contributed by atoms with E-state index in [2.05, 4.69) is 15.5 Å². The van der Waals surface area contributed by atoms with Crippen LogP contribution in [0.1, 0.15) is 24.2 Å². The van der Waals surface area contributed by atoms with Crippen LogP contribution in [0.25, 0.3) is 0 Å². The van der Waals surface area contributed by atoms with E-state index in [1.54, 1.807) is 18.5 Å². The minimum absolute atomic E-state index is 0.0505. The molecule has 0 aliphatic carbocycles. The minimum atomic E-state index is -0.493. The highest BCUT2D eigenvalue weighted by atomic mass is 35.5. The van der Waals surface area contributed by atoms with E-state index < -0.39 is 4.92 Å². The number of aromatic nitrogens is 4. The molecule has 2 rings (SSSR count). The Balaban J connectivity index is 1.72. The van der Waals surface area contributed by atoms with Gasteiger partial charge in [-0.1, -0.05) is 23.2 Å². The third kappa shape index (κ3) is 4.70. The van der Waals surface area contributed by atoms with E-state index in [1.165, 1.54) is 10.9 Å². The number of nitrogens with zero attached hydrogens (tertiary/aromatic N) is 5. The first-order valence-corrected chi connectivity index (χ1v) is 8.38. The molecule has 0 saturated heterocycles. The van der Waals surface area contributed by atoms with E-state index in [1.807, 2.05) is 0 Å². The molecule has 136 valence electrons. The number of carbonyl (C=O) groups excluding carboxylic acids is 1. The maximum atomic E-state index is 11.8. The summed E-state index contributed by atoms with van der Waals surface area (Å²) in [5.74, 6) is -0.154. The van der Waals surface area contributed by atoms with Crippen molar-refractivity contribution in [3.63, 3.8) is 0 Å². The number of carbonyl (C=O) groups is 1. The summed E-state index contributed by atoms with van der Waals surface area (Å²) in [6, 6.07) is 0. The number of nitro groups is 1. The highest BCUT2D eigenvalue weighted by Gasteiger charge is 2.16. The number of hydrogen-bond acceptors (Lipinski definition) is 5. The van der Waals surface area contributed by atoms with Crippen molar-refractivity contribution in [3.05, 3.63) is 37.9 Å². The van der Waals surface area contributed by atoms with Crippen molar-refractivity contribution < 1.29 is 9.72 Å². The van der Waals surface area contributed by atoms with Gasteiger partial charge in [0.25, 0.3) is 0 Å². The second-order valence-corrected chi connectivity index (χ2v) is 6.20. The van der Waals surface area contributed by atoms with Crippen molar-refractivity contribution in [3.8, 4) is 0 Å². The molecule has 0 atom stereocenters. The van der Waals surface area contributed by atoms with Crippen molar-refractivity contribution in [2.45, 2.75) is 39.8 Å². The van der Waals surface area contributed by atoms with Gasteiger partial charge in [0.2, 0.25) is 5.91 Å². The van der Waals surface area contributed by atoms with Gasteiger partial charge in [-0.25, -0.2) is 0 Å². The van der Waals surface area contributed by atoms with E-state index in [0.717, 1.165) is 0 Å². The van der Waals surface area contributed by atoms with Crippen molar-refractivity contribution in [2.75, 3.05) is 6.54 Å². The fourth-order valence-electron chi connectivity index (χ4n) is 2.27. The van der Waals surface area contributed by atoms with E-state index >= 15 is 0 Å². The molecule has 0 saturated carbocycles. The van der Waals surface area contributed by atoms with E-state index in [4.69, 9.17) is 23.2 Å². The van der Waals surface area contributed by atoms with Gasteiger partial charge in [-0.3, -0.25) is 24.3 Å². The molecule has 9 nitrogen and oxygen atoms in total. The molecule has 1 N–H and O–H groups in total. The van der Waals surface area contributed by atoms with E-state index in [0.29, 0.717) is 41.1 Å². The Labute approximate surface area is 154 Å². The van der Waals surface area contributed by atoms with E-state index in [9.17, 15) is 14.9 Å². The van der Waals surface area contributed by atoms with Crippen LogP contribution in [-0.4, -0.2) is 36.9 Å². The molecule has 2 aromatic rings. The third-order valence-corrected chi connectivity index (χ3v) is 4.62. The van der Waals surface area contributed by atoms with Crippen LogP contribution in [0.4, 0.5) is 5.69 Å². The van der Waals surface area contributed by atoms with Crippen molar-refractivity contribution in [1.82, 2.24) is 24.9 Å². The van der Waals surface area contributed by atoms with Gasteiger partial charge in [0.15, 0.2) is 0 Å². The van der Waals surface area contributed by atoms with Gasteiger partial charge in [0.1, 0.15) is 22.1 Å². The second-order valence-electron chi connectivity index (χ2n) is 5.46. The Morgan fingerprint density at radius 2 is 2.04 bits per heavy atom. The van der Waals surface area contributed by atoms with Gasteiger partial charge in [-0.05, 0) is 20.3 Å². The topological polar surface area (TPSA) is 108 Å². The summed E-state index contributed by atoms with van der Waals surface area (Å²) >= 11 is 12.0. The molecule has 2 heterocycles. The van der Waals surface area contributed by atoms with E-state index in [-0.39, 0.29) is 24.6 Å². The quantitative estimate of drug-likeness (QED) is 0.424. The molecule has 11 heteroatoms. The Kier molecular flexibility index (Phi) is 6.38. The van der Waals surface area contributed by atoms with Crippen LogP contribution in [0.5, 0.6) is 0 Å². The summed E-state index contributed by atoms with van der Waals surface area (Å²) in [5.41, 5.74) is 1.04. The smallest absolute Gasteiger partial charge is 0.309 e. The lowest BCUT2D eigenvalue weighted by atomic mass is 10.3. The number of nitrogens with one attached hydrogen (secondary N) is 1. The summed E-state index contributed by atoms with van der Waals surface area (Å²) in [6.45, 7) is 4.66. The number of rotatable bonds is 8. The normalized spacial score (nSPS) is 10.9. The zero-order chi connectivity index (χ0) is 18.6. The fourth-order valence-corrected chi connectivity index (χ4v) is 2.67. The number of hydrogen-bond donors (Lipinski definition) is 1. The molecule has 25 heavy (non-hydrogen) atoms. The lowest BCUT2D eigenvalue weighted by Crippen LogP contribution is -2.26. The number of amides is 1. The zero-order valence-electron chi connectivity index (χ0n) is 13.8.